The predicted molar refractivity (Wildman–Crippen MR) is 94.8 cm³/mol. The Bertz CT molecular complexity index is 638. The highest BCUT2D eigenvalue weighted by Crippen LogP contribution is 2.26. The Morgan fingerprint density at radius 1 is 1.13 bits per heavy atom. The van der Waals surface area contributed by atoms with Gasteiger partial charge in [0.15, 0.2) is 0 Å². The van der Waals surface area contributed by atoms with Gasteiger partial charge >= 0.3 is 0 Å². The quantitative estimate of drug-likeness (QED) is 0.841. The van der Waals surface area contributed by atoms with E-state index in [-0.39, 0.29) is 5.82 Å². The summed E-state index contributed by atoms with van der Waals surface area (Å²) in [6.07, 6.45) is 2.52. The summed E-state index contributed by atoms with van der Waals surface area (Å²) in [7, 11) is 0. The summed E-state index contributed by atoms with van der Waals surface area (Å²) in [5, 5.41) is 3.64. The van der Waals surface area contributed by atoms with Gasteiger partial charge in [0, 0.05) is 12.6 Å². The molecule has 0 aliphatic carbocycles. The lowest BCUT2D eigenvalue weighted by Crippen LogP contribution is -2.32. The maximum atomic E-state index is 12.9. The van der Waals surface area contributed by atoms with Crippen molar-refractivity contribution in [2.45, 2.75) is 32.4 Å². The van der Waals surface area contributed by atoms with Crippen LogP contribution in [0.4, 0.5) is 4.39 Å². The molecule has 1 N–H and O–H groups in total. The minimum atomic E-state index is -0.253. The minimum absolute atomic E-state index is 0.253. The van der Waals surface area contributed by atoms with Crippen molar-refractivity contribution in [1.82, 2.24) is 5.32 Å². The summed E-state index contributed by atoms with van der Waals surface area (Å²) >= 11 is 2.05. The van der Waals surface area contributed by atoms with Crippen molar-refractivity contribution < 1.29 is 9.13 Å². The van der Waals surface area contributed by atoms with Gasteiger partial charge in [-0.05, 0) is 72.7 Å². The molecular formula is C19H22FNOS. The van der Waals surface area contributed by atoms with Gasteiger partial charge in [-0.25, -0.2) is 4.39 Å². The Kier molecular flexibility index (Phi) is 5.57. The molecule has 0 amide bonds. The lowest BCUT2D eigenvalue weighted by atomic mass is 10.1. The molecule has 1 aliphatic rings. The summed E-state index contributed by atoms with van der Waals surface area (Å²) < 4.78 is 18.8. The normalized spacial score (nSPS) is 15.6. The molecule has 2 nitrogen and oxygen atoms in total. The number of nitrogens with one attached hydrogen (secondary N) is 1. The monoisotopic (exact) mass is 331 g/mol. The van der Waals surface area contributed by atoms with Crippen molar-refractivity contribution in [3.63, 3.8) is 0 Å². The van der Waals surface area contributed by atoms with Crippen LogP contribution in [0.5, 0.6) is 11.5 Å². The zero-order chi connectivity index (χ0) is 16.1. The highest BCUT2D eigenvalue weighted by atomic mass is 32.2. The van der Waals surface area contributed by atoms with Crippen molar-refractivity contribution >= 4 is 11.8 Å². The summed E-state index contributed by atoms with van der Waals surface area (Å²) in [6.45, 7) is 2.94. The second-order valence-electron chi connectivity index (χ2n) is 5.92. The molecule has 1 fully saturated rings. The first-order valence-corrected chi connectivity index (χ1v) is 9.20. The molecule has 0 unspecified atom stereocenters. The molecule has 0 radical (unpaired) electrons. The molecule has 0 atom stereocenters. The molecule has 122 valence electrons. The molecule has 3 rings (SSSR count). The van der Waals surface area contributed by atoms with Gasteiger partial charge in [-0.3, -0.25) is 0 Å². The zero-order valence-corrected chi connectivity index (χ0v) is 14.2. The number of halogens is 1. The van der Waals surface area contributed by atoms with E-state index in [4.69, 9.17) is 4.74 Å². The van der Waals surface area contributed by atoms with Gasteiger partial charge in [0.05, 0.1) is 0 Å². The van der Waals surface area contributed by atoms with Gasteiger partial charge in [-0.2, -0.15) is 11.8 Å². The van der Waals surface area contributed by atoms with Gasteiger partial charge in [-0.1, -0.05) is 12.1 Å². The maximum absolute atomic E-state index is 12.9. The van der Waals surface area contributed by atoms with Crippen LogP contribution in [0.15, 0.2) is 42.5 Å². The Labute approximate surface area is 141 Å². The third-order valence-electron chi connectivity index (χ3n) is 4.10. The first-order chi connectivity index (χ1) is 11.2. The SMILES string of the molecule is Cc1cc(CNC2CCSCC2)ccc1Oc1ccc(F)cc1. The van der Waals surface area contributed by atoms with E-state index in [1.54, 1.807) is 12.1 Å². The molecular weight excluding hydrogens is 309 g/mol. The second-order valence-corrected chi connectivity index (χ2v) is 7.15. The van der Waals surface area contributed by atoms with Gasteiger partial charge in [0.1, 0.15) is 17.3 Å². The van der Waals surface area contributed by atoms with Crippen LogP contribution in [-0.4, -0.2) is 17.5 Å². The first-order valence-electron chi connectivity index (χ1n) is 8.05. The Hall–Kier alpha value is -1.52. The van der Waals surface area contributed by atoms with E-state index in [0.717, 1.165) is 17.9 Å². The summed E-state index contributed by atoms with van der Waals surface area (Å²) in [6, 6.07) is 13.0. The highest BCUT2D eigenvalue weighted by molar-refractivity contribution is 7.99. The van der Waals surface area contributed by atoms with Crippen LogP contribution in [0.25, 0.3) is 0 Å². The van der Waals surface area contributed by atoms with Crippen molar-refractivity contribution in [2.75, 3.05) is 11.5 Å². The molecule has 1 saturated heterocycles. The third-order valence-corrected chi connectivity index (χ3v) is 5.15. The molecule has 2 aromatic carbocycles. The minimum Gasteiger partial charge on any atom is -0.457 e. The van der Waals surface area contributed by atoms with Crippen LogP contribution in [-0.2, 0) is 6.54 Å². The van der Waals surface area contributed by atoms with Crippen molar-refractivity contribution in [3.8, 4) is 11.5 Å². The van der Waals surface area contributed by atoms with Crippen LogP contribution in [0.3, 0.4) is 0 Å². The summed E-state index contributed by atoms with van der Waals surface area (Å²) in [5.41, 5.74) is 2.36. The van der Waals surface area contributed by atoms with Crippen LogP contribution < -0.4 is 10.1 Å². The van der Waals surface area contributed by atoms with E-state index in [9.17, 15) is 4.39 Å². The van der Waals surface area contributed by atoms with Crippen molar-refractivity contribution in [1.29, 1.82) is 0 Å². The summed E-state index contributed by atoms with van der Waals surface area (Å²) in [4.78, 5) is 0. The summed E-state index contributed by atoms with van der Waals surface area (Å²) in [5.74, 6) is 3.74. The van der Waals surface area contributed by atoms with Crippen molar-refractivity contribution in [3.05, 3.63) is 59.4 Å². The van der Waals surface area contributed by atoms with E-state index >= 15 is 0 Å². The van der Waals surface area contributed by atoms with Gasteiger partial charge < -0.3 is 10.1 Å². The molecule has 1 heterocycles. The number of ether oxygens (including phenoxy) is 1. The molecule has 4 heteroatoms. The van der Waals surface area contributed by atoms with Crippen LogP contribution in [0, 0.1) is 12.7 Å². The Balaban J connectivity index is 1.59. The second kappa shape index (κ2) is 7.84. The van der Waals surface area contributed by atoms with Crippen LogP contribution in [0.2, 0.25) is 0 Å². The van der Waals surface area contributed by atoms with Gasteiger partial charge in [0.25, 0.3) is 0 Å². The number of hydrogen-bond donors (Lipinski definition) is 1. The molecule has 0 spiro atoms. The van der Waals surface area contributed by atoms with E-state index in [1.165, 1.54) is 42.0 Å². The largest absolute Gasteiger partial charge is 0.457 e. The molecule has 2 aromatic rings. The zero-order valence-electron chi connectivity index (χ0n) is 13.3. The molecule has 0 saturated carbocycles. The average molecular weight is 331 g/mol. The number of benzene rings is 2. The molecule has 1 aliphatic heterocycles. The molecule has 0 aromatic heterocycles. The average Bonchev–Trinajstić information content (AvgIpc) is 2.58. The smallest absolute Gasteiger partial charge is 0.130 e. The standard InChI is InChI=1S/C19H22FNOS/c1-14-12-15(13-21-17-8-10-23-11-9-17)2-7-19(14)22-18-5-3-16(20)4-6-18/h2-7,12,17,21H,8-11,13H2,1H3. The third kappa shape index (κ3) is 4.72. The fourth-order valence-corrected chi connectivity index (χ4v) is 3.84. The van der Waals surface area contributed by atoms with Crippen LogP contribution in [0.1, 0.15) is 24.0 Å². The predicted octanol–water partition coefficient (Wildman–Crippen LogP) is 4.91. The first kappa shape index (κ1) is 16.3. The fourth-order valence-electron chi connectivity index (χ4n) is 2.73. The van der Waals surface area contributed by atoms with Crippen molar-refractivity contribution in [2.24, 2.45) is 0 Å². The number of aryl methyl sites for hydroxylation is 1. The van der Waals surface area contributed by atoms with Gasteiger partial charge in [-0.15, -0.1) is 0 Å². The van der Waals surface area contributed by atoms with Crippen LogP contribution >= 0.6 is 11.8 Å². The topological polar surface area (TPSA) is 21.3 Å². The molecule has 0 bridgehead atoms. The Morgan fingerprint density at radius 2 is 1.87 bits per heavy atom. The van der Waals surface area contributed by atoms with E-state index in [0.29, 0.717) is 11.8 Å². The number of rotatable bonds is 5. The maximum Gasteiger partial charge on any atom is 0.130 e. The van der Waals surface area contributed by atoms with E-state index in [1.807, 2.05) is 24.8 Å². The lowest BCUT2D eigenvalue weighted by molar-refractivity contribution is 0.473. The fraction of sp³-hybridized carbons (Fsp3) is 0.368. The highest BCUT2D eigenvalue weighted by Gasteiger charge is 2.13. The number of hydrogen-bond acceptors (Lipinski definition) is 3. The van der Waals surface area contributed by atoms with E-state index < -0.39 is 0 Å². The van der Waals surface area contributed by atoms with E-state index in [2.05, 4.69) is 17.4 Å². The number of thioether (sulfide) groups is 1. The Morgan fingerprint density at radius 3 is 2.57 bits per heavy atom. The van der Waals surface area contributed by atoms with Gasteiger partial charge in [0.2, 0.25) is 0 Å². The lowest BCUT2D eigenvalue weighted by Gasteiger charge is -2.22. The molecule has 23 heavy (non-hydrogen) atoms.